The molecule has 0 bridgehead atoms. The Bertz CT molecular complexity index is 908. The fourth-order valence-corrected chi connectivity index (χ4v) is 3.04. The van der Waals surface area contributed by atoms with Gasteiger partial charge in [-0.3, -0.25) is 0 Å². The molecule has 0 saturated heterocycles. The maximum absolute atomic E-state index is 12.8. The second kappa shape index (κ2) is 7.81. The number of carbonyl (C=O) groups excluding carboxylic acids is 1. The van der Waals surface area contributed by atoms with Gasteiger partial charge in [0.25, 0.3) is 0 Å². The van der Waals surface area contributed by atoms with Crippen LogP contribution in [0.5, 0.6) is 0 Å². The van der Waals surface area contributed by atoms with E-state index in [4.69, 9.17) is 23.2 Å². The zero-order valence-electron chi connectivity index (χ0n) is 14.4. The molecule has 2 aromatic carbocycles. The SMILES string of the molecule is CN(C(=O)Nc1cccc(Cl)c1)[C@H](c1ccc(Cl)cc1)c1nccn1C. The molecule has 0 radical (unpaired) electrons. The van der Waals surface area contributed by atoms with E-state index in [1.807, 2.05) is 29.9 Å². The highest BCUT2D eigenvalue weighted by molar-refractivity contribution is 6.31. The summed E-state index contributed by atoms with van der Waals surface area (Å²) in [6.07, 6.45) is 3.56. The summed E-state index contributed by atoms with van der Waals surface area (Å²) >= 11 is 12.0. The summed E-state index contributed by atoms with van der Waals surface area (Å²) in [5.41, 5.74) is 1.54. The number of halogens is 2. The lowest BCUT2D eigenvalue weighted by atomic mass is 10.1. The largest absolute Gasteiger partial charge is 0.336 e. The van der Waals surface area contributed by atoms with Crippen molar-refractivity contribution in [2.75, 3.05) is 12.4 Å². The van der Waals surface area contributed by atoms with Gasteiger partial charge < -0.3 is 14.8 Å². The molecule has 0 fully saturated rings. The Morgan fingerprint density at radius 2 is 1.88 bits per heavy atom. The molecule has 1 aromatic heterocycles. The van der Waals surface area contributed by atoms with Crippen LogP contribution in [-0.4, -0.2) is 27.5 Å². The zero-order valence-corrected chi connectivity index (χ0v) is 15.9. The lowest BCUT2D eigenvalue weighted by Crippen LogP contribution is -2.36. The van der Waals surface area contributed by atoms with Crippen molar-refractivity contribution in [2.24, 2.45) is 7.05 Å². The number of urea groups is 1. The van der Waals surface area contributed by atoms with Gasteiger partial charge in [0, 0.05) is 42.2 Å². The van der Waals surface area contributed by atoms with Crippen LogP contribution in [0.4, 0.5) is 10.5 Å². The van der Waals surface area contributed by atoms with Crippen molar-refractivity contribution >= 4 is 34.9 Å². The summed E-state index contributed by atoms with van der Waals surface area (Å²) in [5.74, 6) is 0.746. The molecule has 1 N–H and O–H groups in total. The topological polar surface area (TPSA) is 50.2 Å². The van der Waals surface area contributed by atoms with E-state index in [1.165, 1.54) is 0 Å². The van der Waals surface area contributed by atoms with Crippen LogP contribution < -0.4 is 5.32 Å². The van der Waals surface area contributed by atoms with Gasteiger partial charge in [-0.15, -0.1) is 0 Å². The predicted molar refractivity (Wildman–Crippen MR) is 105 cm³/mol. The molecule has 0 saturated carbocycles. The maximum atomic E-state index is 12.8. The second-order valence-corrected chi connectivity index (χ2v) is 6.77. The van der Waals surface area contributed by atoms with Gasteiger partial charge in [-0.05, 0) is 35.9 Å². The second-order valence-electron chi connectivity index (χ2n) is 5.90. The Hall–Kier alpha value is -2.50. The van der Waals surface area contributed by atoms with Crippen LogP contribution in [0.25, 0.3) is 0 Å². The molecule has 0 aliphatic rings. The molecule has 134 valence electrons. The van der Waals surface area contributed by atoms with Gasteiger partial charge in [-0.2, -0.15) is 0 Å². The highest BCUT2D eigenvalue weighted by Gasteiger charge is 2.27. The molecule has 2 amide bonds. The summed E-state index contributed by atoms with van der Waals surface area (Å²) in [5, 5.41) is 4.06. The Morgan fingerprint density at radius 3 is 2.50 bits per heavy atom. The summed E-state index contributed by atoms with van der Waals surface area (Å²) in [6.45, 7) is 0. The van der Waals surface area contributed by atoms with Gasteiger partial charge in [0.05, 0.1) is 0 Å². The van der Waals surface area contributed by atoms with Crippen LogP contribution in [-0.2, 0) is 7.05 Å². The molecular weight excluding hydrogens is 371 g/mol. The molecular formula is C19H18Cl2N4O. The number of nitrogens with zero attached hydrogens (tertiary/aromatic N) is 3. The summed E-state index contributed by atoms with van der Waals surface area (Å²) < 4.78 is 1.89. The summed E-state index contributed by atoms with van der Waals surface area (Å²) in [7, 11) is 3.63. The first kappa shape index (κ1) is 18.3. The van der Waals surface area contributed by atoms with Gasteiger partial charge in [0.15, 0.2) is 0 Å². The number of aromatic nitrogens is 2. The van der Waals surface area contributed by atoms with Crippen molar-refractivity contribution < 1.29 is 4.79 Å². The van der Waals surface area contributed by atoms with Gasteiger partial charge in [0.1, 0.15) is 11.9 Å². The molecule has 1 heterocycles. The third-order valence-electron chi connectivity index (χ3n) is 4.07. The quantitative estimate of drug-likeness (QED) is 0.684. The van der Waals surface area contributed by atoms with Crippen LogP contribution in [0.15, 0.2) is 60.9 Å². The third-order valence-corrected chi connectivity index (χ3v) is 4.56. The van der Waals surface area contributed by atoms with Crippen molar-refractivity contribution in [3.05, 3.63) is 82.4 Å². The fraction of sp³-hybridized carbons (Fsp3) is 0.158. The van der Waals surface area contributed by atoms with E-state index in [0.717, 1.165) is 11.4 Å². The van der Waals surface area contributed by atoms with Gasteiger partial charge in [-0.1, -0.05) is 41.4 Å². The first-order valence-corrected chi connectivity index (χ1v) is 8.73. The van der Waals surface area contributed by atoms with Gasteiger partial charge in [-0.25, -0.2) is 9.78 Å². The van der Waals surface area contributed by atoms with Crippen molar-refractivity contribution in [1.29, 1.82) is 0 Å². The van der Waals surface area contributed by atoms with Crippen LogP contribution >= 0.6 is 23.2 Å². The molecule has 0 aliphatic heterocycles. The van der Waals surface area contributed by atoms with Crippen LogP contribution in [0.2, 0.25) is 10.0 Å². The number of rotatable bonds is 4. The molecule has 5 nitrogen and oxygen atoms in total. The lowest BCUT2D eigenvalue weighted by Gasteiger charge is -2.28. The third kappa shape index (κ3) is 4.00. The summed E-state index contributed by atoms with van der Waals surface area (Å²) in [4.78, 5) is 18.9. The Morgan fingerprint density at radius 1 is 1.15 bits per heavy atom. The highest BCUT2D eigenvalue weighted by Crippen LogP contribution is 2.28. The normalized spacial score (nSPS) is 11.8. The summed E-state index contributed by atoms with van der Waals surface area (Å²) in [6, 6.07) is 13.8. The van der Waals surface area contributed by atoms with E-state index in [0.29, 0.717) is 15.7 Å². The lowest BCUT2D eigenvalue weighted by molar-refractivity contribution is 0.209. The number of nitrogens with one attached hydrogen (secondary N) is 1. The molecule has 0 unspecified atom stereocenters. The Kier molecular flexibility index (Phi) is 5.49. The Labute approximate surface area is 162 Å². The number of amides is 2. The van der Waals surface area contributed by atoms with Crippen molar-refractivity contribution in [2.45, 2.75) is 6.04 Å². The van der Waals surface area contributed by atoms with Crippen molar-refractivity contribution in [3.63, 3.8) is 0 Å². The molecule has 1 atom stereocenters. The van der Waals surface area contributed by atoms with Gasteiger partial charge >= 0.3 is 6.03 Å². The maximum Gasteiger partial charge on any atom is 0.322 e. The average Bonchev–Trinajstić information content (AvgIpc) is 3.02. The monoisotopic (exact) mass is 388 g/mol. The molecule has 7 heteroatoms. The van der Waals surface area contributed by atoms with Crippen LogP contribution in [0, 0.1) is 0 Å². The van der Waals surface area contributed by atoms with Crippen molar-refractivity contribution in [1.82, 2.24) is 14.5 Å². The highest BCUT2D eigenvalue weighted by atomic mass is 35.5. The molecule has 0 aliphatic carbocycles. The molecule has 26 heavy (non-hydrogen) atoms. The minimum absolute atomic E-state index is 0.268. The van der Waals surface area contributed by atoms with E-state index >= 15 is 0 Å². The van der Waals surface area contributed by atoms with Crippen LogP contribution in [0.1, 0.15) is 17.4 Å². The van der Waals surface area contributed by atoms with Crippen molar-refractivity contribution in [3.8, 4) is 0 Å². The van der Waals surface area contributed by atoms with E-state index < -0.39 is 0 Å². The van der Waals surface area contributed by atoms with E-state index in [9.17, 15) is 4.79 Å². The zero-order chi connectivity index (χ0) is 18.7. The number of anilines is 1. The molecule has 3 rings (SSSR count). The minimum atomic E-state index is -0.369. The Balaban J connectivity index is 1.92. The smallest absolute Gasteiger partial charge is 0.322 e. The first-order valence-electron chi connectivity index (χ1n) is 7.98. The van der Waals surface area contributed by atoms with Gasteiger partial charge in [0.2, 0.25) is 0 Å². The molecule has 0 spiro atoms. The number of imidazole rings is 1. The van der Waals surface area contributed by atoms with E-state index in [-0.39, 0.29) is 12.1 Å². The average molecular weight is 389 g/mol. The number of hydrogen-bond acceptors (Lipinski definition) is 2. The minimum Gasteiger partial charge on any atom is -0.336 e. The fourth-order valence-electron chi connectivity index (χ4n) is 2.73. The number of aryl methyl sites for hydroxylation is 1. The first-order chi connectivity index (χ1) is 12.5. The van der Waals surface area contributed by atoms with Crippen LogP contribution in [0.3, 0.4) is 0 Å². The number of carbonyl (C=O) groups is 1. The molecule has 3 aromatic rings. The van der Waals surface area contributed by atoms with E-state index in [1.54, 1.807) is 54.5 Å². The number of benzene rings is 2. The standard InChI is InChI=1S/C19H18Cl2N4O/c1-24-11-10-22-18(24)17(13-6-8-14(20)9-7-13)25(2)19(26)23-16-5-3-4-15(21)12-16/h3-12,17H,1-2H3,(H,23,26)/t17-/m1/s1. The number of hydrogen-bond donors (Lipinski definition) is 1. The van der Waals surface area contributed by atoms with E-state index in [2.05, 4.69) is 10.3 Å². The predicted octanol–water partition coefficient (Wildman–Crippen LogP) is 4.98.